The number of amides is 2. The summed E-state index contributed by atoms with van der Waals surface area (Å²) in [5.41, 5.74) is 5.01. The molecular weight excluding hydrogens is 390 g/mol. The van der Waals surface area contributed by atoms with Crippen LogP contribution in [0.5, 0.6) is 5.75 Å². The fraction of sp³-hybridized carbons (Fsp3) is 0.292. The van der Waals surface area contributed by atoms with Crippen LogP contribution in [0.3, 0.4) is 0 Å². The molecule has 2 amide bonds. The molecule has 1 aliphatic rings. The molecule has 2 heterocycles. The largest absolute Gasteiger partial charge is 0.497 e. The molecular formula is C24H27N5O2. The normalized spacial score (nSPS) is 13.8. The lowest BCUT2D eigenvalue weighted by atomic mass is 10.1. The van der Waals surface area contributed by atoms with Crippen molar-refractivity contribution >= 4 is 17.5 Å². The lowest BCUT2D eigenvalue weighted by Gasteiger charge is -2.35. The Morgan fingerprint density at radius 1 is 1.00 bits per heavy atom. The highest BCUT2D eigenvalue weighted by Crippen LogP contribution is 2.24. The molecule has 1 saturated heterocycles. The van der Waals surface area contributed by atoms with Crippen LogP contribution in [0.15, 0.2) is 54.9 Å². The van der Waals surface area contributed by atoms with E-state index < -0.39 is 0 Å². The number of hydrogen-bond acceptors (Lipinski definition) is 5. The first kappa shape index (κ1) is 20.7. The van der Waals surface area contributed by atoms with Crippen LogP contribution in [0.1, 0.15) is 11.1 Å². The van der Waals surface area contributed by atoms with E-state index >= 15 is 0 Å². The van der Waals surface area contributed by atoms with Gasteiger partial charge in [0.2, 0.25) is 0 Å². The minimum Gasteiger partial charge on any atom is -0.497 e. The average Bonchev–Trinajstić information content (AvgIpc) is 2.82. The van der Waals surface area contributed by atoms with Crippen molar-refractivity contribution < 1.29 is 9.53 Å². The van der Waals surface area contributed by atoms with Gasteiger partial charge in [0.1, 0.15) is 17.9 Å². The van der Waals surface area contributed by atoms with E-state index in [2.05, 4.69) is 20.2 Å². The minimum absolute atomic E-state index is 0.0602. The smallest absolute Gasteiger partial charge is 0.321 e. The van der Waals surface area contributed by atoms with Crippen LogP contribution in [-0.2, 0) is 0 Å². The van der Waals surface area contributed by atoms with Gasteiger partial charge in [-0.05, 0) is 55.3 Å². The van der Waals surface area contributed by atoms with E-state index in [0.29, 0.717) is 13.1 Å². The summed E-state index contributed by atoms with van der Waals surface area (Å²) in [6.07, 6.45) is 1.59. The van der Waals surface area contributed by atoms with Gasteiger partial charge in [0.05, 0.1) is 12.8 Å². The van der Waals surface area contributed by atoms with Gasteiger partial charge in [0, 0.05) is 43.5 Å². The SMILES string of the molecule is COc1ccc(-c2cc(N3CCN(C(=O)Nc4cccc(C)c4C)CC3)ncn2)cc1. The second-order valence-corrected chi connectivity index (χ2v) is 7.64. The monoisotopic (exact) mass is 417 g/mol. The van der Waals surface area contributed by atoms with Gasteiger partial charge in [0.25, 0.3) is 0 Å². The first-order valence-electron chi connectivity index (χ1n) is 10.4. The fourth-order valence-corrected chi connectivity index (χ4v) is 3.66. The first-order valence-corrected chi connectivity index (χ1v) is 10.4. The summed E-state index contributed by atoms with van der Waals surface area (Å²) in [6, 6.07) is 15.7. The number of hydrogen-bond donors (Lipinski definition) is 1. The molecule has 0 spiro atoms. The maximum absolute atomic E-state index is 12.7. The number of urea groups is 1. The Kier molecular flexibility index (Phi) is 6.02. The number of benzene rings is 2. The van der Waals surface area contributed by atoms with E-state index in [1.807, 2.05) is 67.3 Å². The molecule has 4 rings (SSSR count). The molecule has 7 heteroatoms. The van der Waals surface area contributed by atoms with Crippen LogP contribution >= 0.6 is 0 Å². The van der Waals surface area contributed by atoms with Gasteiger partial charge in [-0.3, -0.25) is 0 Å². The van der Waals surface area contributed by atoms with Crippen molar-refractivity contribution in [1.82, 2.24) is 14.9 Å². The van der Waals surface area contributed by atoms with E-state index in [9.17, 15) is 4.79 Å². The molecule has 0 bridgehead atoms. The van der Waals surface area contributed by atoms with E-state index in [1.54, 1.807) is 13.4 Å². The van der Waals surface area contributed by atoms with E-state index in [-0.39, 0.29) is 6.03 Å². The molecule has 2 aromatic carbocycles. The van der Waals surface area contributed by atoms with Gasteiger partial charge in [-0.25, -0.2) is 14.8 Å². The van der Waals surface area contributed by atoms with Crippen molar-refractivity contribution in [2.24, 2.45) is 0 Å². The zero-order valence-electron chi connectivity index (χ0n) is 18.1. The van der Waals surface area contributed by atoms with Crippen LogP contribution in [-0.4, -0.2) is 54.2 Å². The number of nitrogens with zero attached hydrogens (tertiary/aromatic N) is 4. The maximum atomic E-state index is 12.7. The zero-order chi connectivity index (χ0) is 21.8. The Hall–Kier alpha value is -3.61. The molecule has 1 fully saturated rings. The van der Waals surface area contributed by atoms with Gasteiger partial charge < -0.3 is 19.9 Å². The van der Waals surface area contributed by atoms with E-state index in [1.165, 1.54) is 5.56 Å². The highest BCUT2D eigenvalue weighted by Gasteiger charge is 2.22. The van der Waals surface area contributed by atoms with Crippen molar-refractivity contribution in [2.75, 3.05) is 43.5 Å². The van der Waals surface area contributed by atoms with Gasteiger partial charge in [-0.1, -0.05) is 12.1 Å². The van der Waals surface area contributed by atoms with Crippen LogP contribution < -0.4 is 15.0 Å². The van der Waals surface area contributed by atoms with Gasteiger partial charge in [0.15, 0.2) is 0 Å². The van der Waals surface area contributed by atoms with E-state index in [4.69, 9.17) is 4.74 Å². The van der Waals surface area contributed by atoms with Crippen molar-refractivity contribution in [3.63, 3.8) is 0 Å². The van der Waals surface area contributed by atoms with Crippen molar-refractivity contribution in [3.05, 3.63) is 66.0 Å². The number of aromatic nitrogens is 2. The predicted octanol–water partition coefficient (Wildman–Crippen LogP) is 4.12. The number of carbonyl (C=O) groups is 1. The van der Waals surface area contributed by atoms with Gasteiger partial charge >= 0.3 is 6.03 Å². The lowest BCUT2D eigenvalue weighted by Crippen LogP contribution is -2.50. The summed E-state index contributed by atoms with van der Waals surface area (Å²) in [5, 5.41) is 3.05. The molecule has 7 nitrogen and oxygen atoms in total. The highest BCUT2D eigenvalue weighted by atomic mass is 16.5. The molecule has 0 atom stereocenters. The summed E-state index contributed by atoms with van der Waals surface area (Å²) in [7, 11) is 1.65. The summed E-state index contributed by atoms with van der Waals surface area (Å²) in [5.74, 6) is 1.68. The van der Waals surface area contributed by atoms with Crippen LogP contribution in [0.4, 0.5) is 16.3 Å². The fourth-order valence-electron chi connectivity index (χ4n) is 3.66. The zero-order valence-corrected chi connectivity index (χ0v) is 18.1. The number of ether oxygens (including phenoxy) is 1. The molecule has 1 aromatic heterocycles. The maximum Gasteiger partial charge on any atom is 0.321 e. The third kappa shape index (κ3) is 4.60. The molecule has 0 radical (unpaired) electrons. The first-order chi connectivity index (χ1) is 15.0. The molecule has 3 aromatic rings. The Morgan fingerprint density at radius 2 is 1.74 bits per heavy atom. The number of piperazine rings is 1. The van der Waals surface area contributed by atoms with Crippen molar-refractivity contribution in [1.29, 1.82) is 0 Å². The van der Waals surface area contributed by atoms with Crippen molar-refractivity contribution in [2.45, 2.75) is 13.8 Å². The second kappa shape index (κ2) is 9.04. The number of carbonyl (C=O) groups excluding carboxylic acids is 1. The standard InChI is InChI=1S/C24H27N5O2/c1-17-5-4-6-21(18(17)2)27-24(30)29-13-11-28(12-14-29)23-15-22(25-16-26-23)19-7-9-20(31-3)10-8-19/h4-10,15-16H,11-14H2,1-3H3,(H,27,30). The Bertz CT molecular complexity index is 1060. The third-order valence-electron chi connectivity index (χ3n) is 5.78. The molecule has 31 heavy (non-hydrogen) atoms. The molecule has 1 aliphatic heterocycles. The molecule has 0 aliphatic carbocycles. The summed E-state index contributed by atoms with van der Waals surface area (Å²) in [6.45, 7) is 6.79. The third-order valence-corrected chi connectivity index (χ3v) is 5.78. The molecule has 1 N–H and O–H groups in total. The Balaban J connectivity index is 1.39. The number of anilines is 2. The number of rotatable bonds is 4. The Morgan fingerprint density at radius 3 is 2.45 bits per heavy atom. The Labute approximate surface area is 182 Å². The minimum atomic E-state index is -0.0602. The molecule has 0 unspecified atom stereocenters. The van der Waals surface area contributed by atoms with Crippen LogP contribution in [0.2, 0.25) is 0 Å². The molecule has 160 valence electrons. The summed E-state index contributed by atoms with van der Waals surface area (Å²) in [4.78, 5) is 25.6. The van der Waals surface area contributed by atoms with E-state index in [0.717, 1.165) is 47.2 Å². The number of aryl methyl sites for hydroxylation is 1. The van der Waals surface area contributed by atoms with Crippen LogP contribution in [0.25, 0.3) is 11.3 Å². The number of methoxy groups -OCH3 is 1. The van der Waals surface area contributed by atoms with Crippen molar-refractivity contribution in [3.8, 4) is 17.0 Å². The van der Waals surface area contributed by atoms with Gasteiger partial charge in [-0.2, -0.15) is 0 Å². The highest BCUT2D eigenvalue weighted by molar-refractivity contribution is 5.90. The average molecular weight is 418 g/mol. The summed E-state index contributed by atoms with van der Waals surface area (Å²) < 4.78 is 5.22. The quantitative estimate of drug-likeness (QED) is 0.691. The second-order valence-electron chi connectivity index (χ2n) is 7.64. The lowest BCUT2D eigenvalue weighted by molar-refractivity contribution is 0.208. The molecule has 0 saturated carbocycles. The van der Waals surface area contributed by atoms with Gasteiger partial charge in [-0.15, -0.1) is 0 Å². The summed E-state index contributed by atoms with van der Waals surface area (Å²) >= 11 is 0. The topological polar surface area (TPSA) is 70.6 Å². The van der Waals surface area contributed by atoms with Crippen LogP contribution in [0, 0.1) is 13.8 Å². The predicted molar refractivity (Wildman–Crippen MR) is 123 cm³/mol. The number of nitrogens with one attached hydrogen (secondary N) is 1.